The Bertz CT molecular complexity index is 89.4. The summed E-state index contributed by atoms with van der Waals surface area (Å²) in [4.78, 5) is 0. The zero-order chi connectivity index (χ0) is 10.5. The Hall–Kier alpha value is 0.0969. The van der Waals surface area contributed by atoms with E-state index in [4.69, 9.17) is 13.9 Å². The molecule has 0 aromatic heterocycles. The Morgan fingerprint density at radius 2 is 1.50 bits per heavy atom. The van der Waals surface area contributed by atoms with E-state index in [0.717, 1.165) is 19.1 Å². The molecule has 2 radical (unpaired) electrons. The summed E-state index contributed by atoms with van der Waals surface area (Å²) in [6.45, 7) is 7.91. The molecule has 0 saturated carbocycles. The Balaban J connectivity index is 2.78. The summed E-state index contributed by atoms with van der Waals surface area (Å²) in [6.07, 6.45) is 2.33. The smallest absolute Gasteiger partial charge is 0.229 e. The molecule has 0 fully saturated rings. The van der Waals surface area contributed by atoms with Gasteiger partial charge in [0.25, 0.3) is 0 Å². The van der Waals surface area contributed by atoms with Crippen molar-refractivity contribution in [2.75, 3.05) is 33.0 Å². The summed E-state index contributed by atoms with van der Waals surface area (Å²) in [5.74, 6) is 0. The Labute approximate surface area is 90.1 Å². The van der Waals surface area contributed by atoms with Crippen LogP contribution in [0.1, 0.15) is 26.7 Å². The number of rotatable bonds is 11. The van der Waals surface area contributed by atoms with Crippen molar-refractivity contribution >= 4 is 9.76 Å². The van der Waals surface area contributed by atoms with Gasteiger partial charge in [0.05, 0.1) is 26.4 Å². The number of ether oxygens (including phenoxy) is 2. The molecule has 0 aliphatic carbocycles. The third-order valence-corrected chi connectivity index (χ3v) is 2.29. The zero-order valence-electron chi connectivity index (χ0n) is 9.38. The van der Waals surface area contributed by atoms with Crippen LogP contribution in [-0.2, 0) is 13.9 Å². The second-order valence-electron chi connectivity index (χ2n) is 2.92. The van der Waals surface area contributed by atoms with Crippen molar-refractivity contribution in [1.29, 1.82) is 0 Å². The van der Waals surface area contributed by atoms with E-state index in [2.05, 4.69) is 13.8 Å². The van der Waals surface area contributed by atoms with Gasteiger partial charge in [0.15, 0.2) is 0 Å². The predicted molar refractivity (Wildman–Crippen MR) is 58.7 cm³/mol. The van der Waals surface area contributed by atoms with Crippen LogP contribution in [0.25, 0.3) is 0 Å². The molecule has 0 amide bonds. The van der Waals surface area contributed by atoms with Gasteiger partial charge in [-0.3, -0.25) is 0 Å². The van der Waals surface area contributed by atoms with Gasteiger partial charge in [0.1, 0.15) is 0 Å². The molecule has 14 heavy (non-hydrogen) atoms. The molecule has 0 aliphatic heterocycles. The lowest BCUT2D eigenvalue weighted by atomic mass is 10.4. The molecule has 0 aromatic rings. The molecule has 0 aromatic carbocycles. The lowest BCUT2D eigenvalue weighted by Gasteiger charge is -2.05. The van der Waals surface area contributed by atoms with E-state index in [1.165, 1.54) is 6.42 Å². The summed E-state index contributed by atoms with van der Waals surface area (Å²) in [6, 6.07) is 1.10. The summed E-state index contributed by atoms with van der Waals surface area (Å²) >= 11 is 0. The van der Waals surface area contributed by atoms with Gasteiger partial charge in [0, 0.05) is 6.61 Å². The maximum atomic E-state index is 5.34. The summed E-state index contributed by atoms with van der Waals surface area (Å²) < 4.78 is 15.9. The molecule has 0 heterocycles. The van der Waals surface area contributed by atoms with E-state index in [9.17, 15) is 0 Å². The van der Waals surface area contributed by atoms with E-state index in [0.29, 0.717) is 36.2 Å². The molecule has 0 N–H and O–H groups in total. The highest BCUT2D eigenvalue weighted by Gasteiger charge is 1.90. The molecule has 0 unspecified atom stereocenters. The fourth-order valence-electron chi connectivity index (χ4n) is 0.843. The largest absolute Gasteiger partial charge is 0.415 e. The second-order valence-corrected chi connectivity index (χ2v) is 4.21. The van der Waals surface area contributed by atoms with Crippen molar-refractivity contribution in [3.05, 3.63) is 0 Å². The molecule has 0 bridgehead atoms. The average molecular weight is 218 g/mol. The molecular weight excluding hydrogens is 196 g/mol. The lowest BCUT2D eigenvalue weighted by Crippen LogP contribution is -2.10. The van der Waals surface area contributed by atoms with Crippen LogP contribution in [0, 0.1) is 0 Å². The Kier molecular flexibility index (Phi) is 13.2. The molecule has 0 aliphatic rings. The van der Waals surface area contributed by atoms with Crippen LogP contribution in [0.5, 0.6) is 0 Å². The quantitative estimate of drug-likeness (QED) is 0.391. The number of hydrogen-bond acceptors (Lipinski definition) is 3. The van der Waals surface area contributed by atoms with Crippen LogP contribution in [0.2, 0.25) is 6.04 Å². The van der Waals surface area contributed by atoms with Gasteiger partial charge in [-0.05, 0) is 12.5 Å². The highest BCUT2D eigenvalue weighted by molar-refractivity contribution is 6.26. The third kappa shape index (κ3) is 12.1. The van der Waals surface area contributed by atoms with E-state index in [1.54, 1.807) is 0 Å². The maximum Gasteiger partial charge on any atom is 0.229 e. The first-order valence-electron chi connectivity index (χ1n) is 5.42. The SMILES string of the molecule is CCCCOCCOCCO[Si]CC. The number of hydrogen-bond donors (Lipinski definition) is 0. The molecular formula is C10H22O3Si. The maximum absolute atomic E-state index is 5.34. The van der Waals surface area contributed by atoms with Crippen LogP contribution in [0.4, 0.5) is 0 Å². The standard InChI is InChI=1S/C10H22O3Si/c1-3-5-6-11-7-8-12-9-10-13-14-4-2/h3-10H2,1-2H3. The van der Waals surface area contributed by atoms with Crippen LogP contribution >= 0.6 is 0 Å². The van der Waals surface area contributed by atoms with Gasteiger partial charge in [-0.25, -0.2) is 0 Å². The predicted octanol–water partition coefficient (Wildman–Crippen LogP) is 1.89. The van der Waals surface area contributed by atoms with Crippen molar-refractivity contribution in [2.45, 2.75) is 32.7 Å². The van der Waals surface area contributed by atoms with Crippen LogP contribution in [0.15, 0.2) is 0 Å². The van der Waals surface area contributed by atoms with Gasteiger partial charge in [-0.1, -0.05) is 20.3 Å². The molecule has 3 nitrogen and oxygen atoms in total. The van der Waals surface area contributed by atoms with Crippen molar-refractivity contribution < 1.29 is 13.9 Å². The molecule has 0 saturated heterocycles. The zero-order valence-corrected chi connectivity index (χ0v) is 10.4. The van der Waals surface area contributed by atoms with E-state index >= 15 is 0 Å². The first-order valence-corrected chi connectivity index (χ1v) is 6.53. The van der Waals surface area contributed by atoms with Crippen LogP contribution < -0.4 is 0 Å². The highest BCUT2D eigenvalue weighted by Crippen LogP contribution is 1.88. The lowest BCUT2D eigenvalue weighted by molar-refractivity contribution is 0.0359. The average Bonchev–Trinajstić information content (AvgIpc) is 2.21. The van der Waals surface area contributed by atoms with E-state index in [-0.39, 0.29) is 0 Å². The van der Waals surface area contributed by atoms with Crippen LogP contribution in [0.3, 0.4) is 0 Å². The monoisotopic (exact) mass is 218 g/mol. The number of unbranched alkanes of at least 4 members (excludes halogenated alkanes) is 1. The fourth-order valence-corrected chi connectivity index (χ4v) is 1.27. The minimum Gasteiger partial charge on any atom is -0.415 e. The minimum atomic E-state index is 0.616. The van der Waals surface area contributed by atoms with Gasteiger partial charge in [0.2, 0.25) is 9.76 Å². The minimum absolute atomic E-state index is 0.616. The summed E-state index contributed by atoms with van der Waals surface area (Å²) in [5.41, 5.74) is 0. The highest BCUT2D eigenvalue weighted by atomic mass is 28.2. The van der Waals surface area contributed by atoms with Crippen molar-refractivity contribution in [2.24, 2.45) is 0 Å². The fraction of sp³-hybridized carbons (Fsp3) is 1.00. The van der Waals surface area contributed by atoms with E-state index < -0.39 is 0 Å². The second kappa shape index (κ2) is 13.1. The molecule has 4 heteroatoms. The molecule has 0 atom stereocenters. The first-order chi connectivity index (χ1) is 6.91. The molecule has 0 spiro atoms. The van der Waals surface area contributed by atoms with Gasteiger partial charge in [-0.15, -0.1) is 0 Å². The normalized spacial score (nSPS) is 10.7. The molecule has 0 rings (SSSR count). The first kappa shape index (κ1) is 14.1. The third-order valence-electron chi connectivity index (χ3n) is 1.59. The molecule has 84 valence electrons. The van der Waals surface area contributed by atoms with Crippen molar-refractivity contribution in [3.8, 4) is 0 Å². The van der Waals surface area contributed by atoms with Crippen LogP contribution in [-0.4, -0.2) is 42.8 Å². The van der Waals surface area contributed by atoms with Crippen molar-refractivity contribution in [1.82, 2.24) is 0 Å². The topological polar surface area (TPSA) is 27.7 Å². The summed E-state index contributed by atoms with van der Waals surface area (Å²) in [7, 11) is 0.616. The Morgan fingerprint density at radius 3 is 2.14 bits per heavy atom. The van der Waals surface area contributed by atoms with Gasteiger partial charge >= 0.3 is 0 Å². The Morgan fingerprint density at radius 1 is 0.857 bits per heavy atom. The van der Waals surface area contributed by atoms with Gasteiger partial charge in [-0.2, -0.15) is 0 Å². The summed E-state index contributed by atoms with van der Waals surface area (Å²) in [5, 5.41) is 0. The van der Waals surface area contributed by atoms with Gasteiger partial charge < -0.3 is 13.9 Å². The van der Waals surface area contributed by atoms with Crippen molar-refractivity contribution in [3.63, 3.8) is 0 Å². The van der Waals surface area contributed by atoms with E-state index in [1.807, 2.05) is 0 Å².